The van der Waals surface area contributed by atoms with Gasteiger partial charge in [0, 0.05) is 44.0 Å². The van der Waals surface area contributed by atoms with Gasteiger partial charge in [-0.25, -0.2) is 0 Å². The summed E-state index contributed by atoms with van der Waals surface area (Å²) < 4.78 is 1.90. The summed E-state index contributed by atoms with van der Waals surface area (Å²) in [6.45, 7) is 12.4. The molecule has 4 nitrogen and oxygen atoms in total. The maximum atomic E-state index is 4.57. The van der Waals surface area contributed by atoms with Crippen LogP contribution < -0.4 is 5.32 Å². The van der Waals surface area contributed by atoms with Crippen LogP contribution in [-0.4, -0.2) is 38.8 Å². The van der Waals surface area contributed by atoms with E-state index in [4.69, 9.17) is 0 Å². The number of piperazine rings is 1. The van der Waals surface area contributed by atoms with Gasteiger partial charge in [0.1, 0.15) is 0 Å². The molecule has 20 heavy (non-hydrogen) atoms. The summed E-state index contributed by atoms with van der Waals surface area (Å²) in [6, 6.07) is 2.14. The molecule has 0 aliphatic carbocycles. The van der Waals surface area contributed by atoms with Gasteiger partial charge in [-0.15, -0.1) is 0 Å². The van der Waals surface area contributed by atoms with Gasteiger partial charge in [0.15, 0.2) is 0 Å². The number of aryl methyl sites for hydroxylation is 1. The zero-order valence-electron chi connectivity index (χ0n) is 13.7. The fourth-order valence-corrected chi connectivity index (χ4v) is 3.29. The lowest BCUT2D eigenvalue weighted by Gasteiger charge is -2.53. The Morgan fingerprint density at radius 1 is 1.25 bits per heavy atom. The molecule has 0 saturated carbocycles. The van der Waals surface area contributed by atoms with Crippen molar-refractivity contribution in [1.29, 1.82) is 0 Å². The summed E-state index contributed by atoms with van der Waals surface area (Å²) in [5, 5.41) is 8.36. The molecule has 2 rings (SSSR count). The minimum absolute atomic E-state index is 0.225. The first kappa shape index (κ1) is 15.5. The zero-order valence-corrected chi connectivity index (χ0v) is 13.7. The number of nitrogens with zero attached hydrogens (tertiary/aromatic N) is 3. The molecule has 1 N–H and O–H groups in total. The van der Waals surface area contributed by atoms with Gasteiger partial charge in [-0.2, -0.15) is 5.10 Å². The maximum Gasteiger partial charge on any atom is 0.0764 e. The predicted octanol–water partition coefficient (Wildman–Crippen LogP) is 2.55. The van der Waals surface area contributed by atoms with Crippen molar-refractivity contribution in [2.45, 2.75) is 64.6 Å². The molecule has 114 valence electrons. The van der Waals surface area contributed by atoms with Crippen LogP contribution in [0.2, 0.25) is 0 Å². The van der Waals surface area contributed by atoms with Crippen LogP contribution in [0.15, 0.2) is 12.3 Å². The summed E-state index contributed by atoms with van der Waals surface area (Å²) >= 11 is 0. The van der Waals surface area contributed by atoms with Crippen LogP contribution in [-0.2, 0) is 13.6 Å². The third kappa shape index (κ3) is 2.91. The second-order valence-corrected chi connectivity index (χ2v) is 6.54. The van der Waals surface area contributed by atoms with Crippen molar-refractivity contribution < 1.29 is 0 Å². The largest absolute Gasteiger partial charge is 0.308 e. The smallest absolute Gasteiger partial charge is 0.0764 e. The Morgan fingerprint density at radius 2 is 1.95 bits per heavy atom. The van der Waals surface area contributed by atoms with E-state index in [9.17, 15) is 0 Å². The molecule has 1 aromatic rings. The van der Waals surface area contributed by atoms with Crippen LogP contribution >= 0.6 is 0 Å². The molecule has 1 unspecified atom stereocenters. The van der Waals surface area contributed by atoms with Gasteiger partial charge in [-0.1, -0.05) is 20.8 Å². The van der Waals surface area contributed by atoms with Crippen molar-refractivity contribution in [3.8, 4) is 0 Å². The second kappa shape index (κ2) is 5.86. The number of aromatic nitrogens is 2. The number of nitrogens with one attached hydrogen (secondary N) is 1. The van der Waals surface area contributed by atoms with E-state index in [-0.39, 0.29) is 11.1 Å². The van der Waals surface area contributed by atoms with Crippen LogP contribution in [0.1, 0.15) is 52.7 Å². The molecule has 0 bridgehead atoms. The first-order chi connectivity index (χ1) is 9.47. The lowest BCUT2D eigenvalue weighted by atomic mass is 9.82. The predicted molar refractivity (Wildman–Crippen MR) is 83.6 cm³/mol. The van der Waals surface area contributed by atoms with E-state index < -0.39 is 0 Å². The van der Waals surface area contributed by atoms with Crippen molar-refractivity contribution in [3.63, 3.8) is 0 Å². The van der Waals surface area contributed by atoms with Crippen molar-refractivity contribution in [2.24, 2.45) is 7.05 Å². The van der Waals surface area contributed by atoms with E-state index in [2.05, 4.69) is 49.1 Å². The third-order valence-electron chi connectivity index (χ3n) is 5.27. The summed E-state index contributed by atoms with van der Waals surface area (Å²) in [4.78, 5) is 2.66. The van der Waals surface area contributed by atoms with Gasteiger partial charge in [0.05, 0.1) is 5.69 Å². The average molecular weight is 278 g/mol. The lowest BCUT2D eigenvalue weighted by Crippen LogP contribution is -2.68. The minimum Gasteiger partial charge on any atom is -0.308 e. The Labute approximate surface area is 123 Å². The Kier molecular flexibility index (Phi) is 4.55. The molecule has 1 atom stereocenters. The van der Waals surface area contributed by atoms with E-state index in [0.29, 0.717) is 0 Å². The van der Waals surface area contributed by atoms with Crippen LogP contribution in [0, 0.1) is 0 Å². The van der Waals surface area contributed by atoms with Gasteiger partial charge >= 0.3 is 0 Å². The van der Waals surface area contributed by atoms with Gasteiger partial charge in [-0.3, -0.25) is 9.58 Å². The van der Waals surface area contributed by atoms with E-state index in [1.54, 1.807) is 0 Å². The van der Waals surface area contributed by atoms with Crippen molar-refractivity contribution in [2.75, 3.05) is 13.1 Å². The van der Waals surface area contributed by atoms with Gasteiger partial charge in [0.25, 0.3) is 0 Å². The fourth-order valence-electron chi connectivity index (χ4n) is 3.29. The molecule has 1 aromatic heterocycles. The molecule has 0 radical (unpaired) electrons. The normalized spacial score (nSPS) is 26.9. The fraction of sp³-hybridized carbons (Fsp3) is 0.812. The number of hydrogen-bond donors (Lipinski definition) is 1. The summed E-state index contributed by atoms with van der Waals surface area (Å²) in [5.41, 5.74) is 1.67. The van der Waals surface area contributed by atoms with Crippen molar-refractivity contribution >= 4 is 0 Å². The monoisotopic (exact) mass is 278 g/mol. The summed E-state index contributed by atoms with van der Waals surface area (Å²) in [7, 11) is 1.99. The third-order valence-corrected chi connectivity index (χ3v) is 5.27. The number of rotatable bonds is 5. The first-order valence-electron chi connectivity index (χ1n) is 7.95. The van der Waals surface area contributed by atoms with E-state index in [1.807, 2.05) is 17.9 Å². The maximum absolute atomic E-state index is 4.57. The highest BCUT2D eigenvalue weighted by Crippen LogP contribution is 2.32. The molecule has 4 heteroatoms. The Bertz CT molecular complexity index is 435. The van der Waals surface area contributed by atoms with E-state index in [0.717, 1.165) is 26.1 Å². The molecule has 0 aromatic carbocycles. The van der Waals surface area contributed by atoms with Crippen LogP contribution in [0.5, 0.6) is 0 Å². The lowest BCUT2D eigenvalue weighted by molar-refractivity contribution is -0.00499. The van der Waals surface area contributed by atoms with E-state index >= 15 is 0 Å². The Balaban J connectivity index is 2.21. The van der Waals surface area contributed by atoms with Crippen LogP contribution in [0.4, 0.5) is 0 Å². The number of hydrogen-bond acceptors (Lipinski definition) is 3. The highest BCUT2D eigenvalue weighted by atomic mass is 15.3. The average Bonchev–Trinajstić information content (AvgIpc) is 2.85. The molecule has 0 amide bonds. The highest BCUT2D eigenvalue weighted by molar-refractivity contribution is 5.06. The van der Waals surface area contributed by atoms with Gasteiger partial charge in [0.2, 0.25) is 0 Å². The minimum atomic E-state index is 0.225. The molecule has 1 aliphatic heterocycles. The molecular weight excluding hydrogens is 248 g/mol. The summed E-state index contributed by atoms with van der Waals surface area (Å²) in [6.07, 6.45) is 5.57. The van der Waals surface area contributed by atoms with Crippen LogP contribution in [0.25, 0.3) is 0 Å². The Morgan fingerprint density at radius 3 is 2.45 bits per heavy atom. The molecule has 2 heterocycles. The van der Waals surface area contributed by atoms with Crippen molar-refractivity contribution in [3.05, 3.63) is 18.0 Å². The zero-order chi connectivity index (χ0) is 14.8. The van der Waals surface area contributed by atoms with E-state index in [1.165, 1.54) is 18.5 Å². The first-order valence-corrected chi connectivity index (χ1v) is 7.95. The van der Waals surface area contributed by atoms with Gasteiger partial charge in [-0.05, 0) is 32.3 Å². The molecule has 0 spiro atoms. The van der Waals surface area contributed by atoms with Crippen LogP contribution in [0.3, 0.4) is 0 Å². The SMILES string of the molecule is CCC1(C)CN(Cc2ccn(C)n2)C(CC)(CC)CN1. The highest BCUT2D eigenvalue weighted by Gasteiger charge is 2.42. The topological polar surface area (TPSA) is 33.1 Å². The molecule has 1 saturated heterocycles. The quantitative estimate of drug-likeness (QED) is 0.898. The summed E-state index contributed by atoms with van der Waals surface area (Å²) in [5.74, 6) is 0. The molecular formula is C16H30N4. The van der Waals surface area contributed by atoms with Crippen molar-refractivity contribution in [1.82, 2.24) is 20.0 Å². The van der Waals surface area contributed by atoms with Gasteiger partial charge < -0.3 is 5.32 Å². The molecule has 1 aliphatic rings. The standard InChI is InChI=1S/C16H30N4/c1-6-15(4)13-20(11-14-9-10-19(5)18-14)16(7-2,8-3)12-17-15/h9-10,17H,6-8,11-13H2,1-5H3. The Hall–Kier alpha value is -0.870. The second-order valence-electron chi connectivity index (χ2n) is 6.54. The molecule has 1 fully saturated rings.